The molecule has 0 heterocycles. The van der Waals surface area contributed by atoms with Crippen LogP contribution >= 0.6 is 7.26 Å². The molecule has 0 fully saturated rings. The second-order valence-corrected chi connectivity index (χ2v) is 8.96. The van der Waals surface area contributed by atoms with Crippen molar-refractivity contribution in [3.05, 3.63) is 0 Å². The molecule has 0 rings (SSSR count). The van der Waals surface area contributed by atoms with E-state index in [2.05, 4.69) is 27.7 Å². The number of hydrogen-bond donors (Lipinski definition) is 1. The van der Waals surface area contributed by atoms with Crippen molar-refractivity contribution >= 4 is 13.2 Å². The van der Waals surface area contributed by atoms with Gasteiger partial charge in [0.2, 0.25) is 0 Å². The molecular formula is C12H28O2P+. The molecule has 0 saturated heterocycles. The first-order chi connectivity index (χ1) is 7.01. The van der Waals surface area contributed by atoms with Gasteiger partial charge in [0.05, 0.1) is 24.6 Å². The first-order valence-electron chi connectivity index (χ1n) is 6.08. The first kappa shape index (κ1) is 17.3. The van der Waals surface area contributed by atoms with Crippen LogP contribution in [-0.4, -0.2) is 35.7 Å². The number of carboxylic acids is 1. The molecule has 0 aromatic carbocycles. The standard InChI is InChI=1S/C8H20P.C4H8O2/c1-5-9(6-2,7-3)8-4;1-2-3-4(5)6/h5-8H2,1-4H3;2-3H2,1H3,(H,5,6)/q+1;. The highest BCUT2D eigenvalue weighted by Crippen LogP contribution is 2.57. The van der Waals surface area contributed by atoms with E-state index < -0.39 is 13.2 Å². The van der Waals surface area contributed by atoms with Gasteiger partial charge in [-0.2, -0.15) is 0 Å². The van der Waals surface area contributed by atoms with Crippen LogP contribution in [0.5, 0.6) is 0 Å². The lowest BCUT2D eigenvalue weighted by Gasteiger charge is -2.20. The van der Waals surface area contributed by atoms with Gasteiger partial charge in [0.25, 0.3) is 0 Å². The summed E-state index contributed by atoms with van der Waals surface area (Å²) in [5.74, 6) is -0.711. The summed E-state index contributed by atoms with van der Waals surface area (Å²) in [6, 6.07) is 0. The first-order valence-corrected chi connectivity index (χ1v) is 8.61. The summed E-state index contributed by atoms with van der Waals surface area (Å²) in [7, 11) is -0.420. The van der Waals surface area contributed by atoms with Gasteiger partial charge < -0.3 is 5.11 Å². The Kier molecular flexibility index (Phi) is 12.0. The van der Waals surface area contributed by atoms with Crippen LogP contribution in [0.3, 0.4) is 0 Å². The molecule has 0 saturated carbocycles. The third kappa shape index (κ3) is 8.87. The van der Waals surface area contributed by atoms with Crippen molar-refractivity contribution in [2.75, 3.05) is 24.6 Å². The van der Waals surface area contributed by atoms with Gasteiger partial charge in [0.1, 0.15) is 0 Å². The van der Waals surface area contributed by atoms with E-state index in [0.717, 1.165) is 6.42 Å². The van der Waals surface area contributed by atoms with E-state index in [1.807, 2.05) is 6.92 Å². The second-order valence-electron chi connectivity index (χ2n) is 3.75. The zero-order valence-electron chi connectivity index (χ0n) is 11.0. The Morgan fingerprint density at radius 2 is 1.27 bits per heavy atom. The van der Waals surface area contributed by atoms with Gasteiger partial charge in [-0.1, -0.05) is 6.92 Å². The fraction of sp³-hybridized carbons (Fsp3) is 0.917. The van der Waals surface area contributed by atoms with Crippen molar-refractivity contribution in [3.63, 3.8) is 0 Å². The average Bonchev–Trinajstić information content (AvgIpc) is 2.23. The lowest BCUT2D eigenvalue weighted by molar-refractivity contribution is -0.137. The van der Waals surface area contributed by atoms with Gasteiger partial charge in [-0.25, -0.2) is 0 Å². The van der Waals surface area contributed by atoms with Crippen molar-refractivity contribution in [2.24, 2.45) is 0 Å². The van der Waals surface area contributed by atoms with Crippen LogP contribution in [0.25, 0.3) is 0 Å². The van der Waals surface area contributed by atoms with E-state index in [0.29, 0.717) is 6.42 Å². The quantitative estimate of drug-likeness (QED) is 0.708. The van der Waals surface area contributed by atoms with Crippen molar-refractivity contribution in [1.29, 1.82) is 0 Å². The number of hydrogen-bond acceptors (Lipinski definition) is 1. The number of carbonyl (C=O) groups is 1. The molecule has 0 amide bonds. The molecule has 0 aromatic heterocycles. The number of aliphatic carboxylic acids is 1. The average molecular weight is 235 g/mol. The maximum absolute atomic E-state index is 9.60. The summed E-state index contributed by atoms with van der Waals surface area (Å²) in [5.41, 5.74) is 0. The molecule has 0 spiro atoms. The van der Waals surface area contributed by atoms with Gasteiger partial charge in [-0.15, -0.1) is 0 Å². The van der Waals surface area contributed by atoms with Gasteiger partial charge in [0.15, 0.2) is 0 Å². The van der Waals surface area contributed by atoms with Crippen molar-refractivity contribution in [2.45, 2.75) is 47.5 Å². The Morgan fingerprint density at radius 3 is 1.27 bits per heavy atom. The molecule has 0 bridgehead atoms. The van der Waals surface area contributed by atoms with E-state index in [9.17, 15) is 4.79 Å². The van der Waals surface area contributed by atoms with Crippen LogP contribution in [0.1, 0.15) is 47.5 Å². The Bertz CT molecular complexity index is 136. The van der Waals surface area contributed by atoms with Crippen molar-refractivity contribution < 1.29 is 9.90 Å². The van der Waals surface area contributed by atoms with E-state index in [-0.39, 0.29) is 0 Å². The fourth-order valence-electron chi connectivity index (χ4n) is 1.56. The predicted octanol–water partition coefficient (Wildman–Crippen LogP) is 3.95. The highest BCUT2D eigenvalue weighted by atomic mass is 31.2. The highest BCUT2D eigenvalue weighted by molar-refractivity contribution is 7.75. The highest BCUT2D eigenvalue weighted by Gasteiger charge is 2.27. The number of rotatable bonds is 6. The number of carboxylic acid groups (broad SMARTS) is 1. The van der Waals surface area contributed by atoms with E-state index in [1.54, 1.807) is 0 Å². The van der Waals surface area contributed by atoms with Crippen LogP contribution < -0.4 is 0 Å². The largest absolute Gasteiger partial charge is 0.481 e. The SMILES string of the molecule is CCCC(=O)O.CC[P+](CC)(CC)CC. The summed E-state index contributed by atoms with van der Waals surface area (Å²) in [5, 5.41) is 7.91. The summed E-state index contributed by atoms with van der Waals surface area (Å²) in [4.78, 5) is 9.60. The van der Waals surface area contributed by atoms with E-state index in [4.69, 9.17) is 5.11 Å². The molecule has 92 valence electrons. The lowest BCUT2D eigenvalue weighted by Crippen LogP contribution is -2.04. The van der Waals surface area contributed by atoms with Gasteiger partial charge in [-0.05, 0) is 34.1 Å². The molecule has 0 aliphatic carbocycles. The van der Waals surface area contributed by atoms with Crippen LogP contribution in [0.15, 0.2) is 0 Å². The Labute approximate surface area is 95.8 Å². The molecule has 3 heteroatoms. The summed E-state index contributed by atoms with van der Waals surface area (Å²) in [6.45, 7) is 11.2. The molecule has 0 unspecified atom stereocenters. The van der Waals surface area contributed by atoms with Crippen LogP contribution in [0, 0.1) is 0 Å². The molecule has 0 aromatic rings. The maximum atomic E-state index is 9.60. The summed E-state index contributed by atoms with van der Waals surface area (Å²) in [6.07, 6.45) is 6.84. The molecule has 1 N–H and O–H groups in total. The minimum atomic E-state index is -0.711. The Morgan fingerprint density at radius 1 is 0.933 bits per heavy atom. The van der Waals surface area contributed by atoms with Gasteiger partial charge in [0, 0.05) is 13.7 Å². The minimum absolute atomic E-state index is 0.292. The molecule has 15 heavy (non-hydrogen) atoms. The zero-order valence-corrected chi connectivity index (χ0v) is 11.9. The van der Waals surface area contributed by atoms with Crippen molar-refractivity contribution in [3.8, 4) is 0 Å². The topological polar surface area (TPSA) is 37.3 Å². The predicted molar refractivity (Wildman–Crippen MR) is 71.6 cm³/mol. The molecular weight excluding hydrogens is 207 g/mol. The van der Waals surface area contributed by atoms with Gasteiger partial charge >= 0.3 is 5.97 Å². The summed E-state index contributed by atoms with van der Waals surface area (Å²) < 4.78 is 0. The molecule has 0 aliphatic heterocycles. The van der Waals surface area contributed by atoms with Crippen molar-refractivity contribution in [1.82, 2.24) is 0 Å². The Balaban J connectivity index is 0. The third-order valence-electron chi connectivity index (χ3n) is 3.15. The van der Waals surface area contributed by atoms with Gasteiger partial charge in [-0.3, -0.25) is 4.79 Å². The minimum Gasteiger partial charge on any atom is -0.481 e. The van der Waals surface area contributed by atoms with Crippen LogP contribution in [0.4, 0.5) is 0 Å². The molecule has 0 aliphatic rings. The molecule has 0 radical (unpaired) electrons. The van der Waals surface area contributed by atoms with E-state index >= 15 is 0 Å². The zero-order chi connectivity index (χ0) is 12.3. The van der Waals surface area contributed by atoms with Crippen LogP contribution in [-0.2, 0) is 4.79 Å². The molecule has 2 nitrogen and oxygen atoms in total. The fourth-order valence-corrected chi connectivity index (χ4v) is 4.24. The van der Waals surface area contributed by atoms with E-state index in [1.165, 1.54) is 24.6 Å². The normalized spacial score (nSPS) is 10.5. The third-order valence-corrected chi connectivity index (χ3v) is 8.51. The monoisotopic (exact) mass is 235 g/mol. The lowest BCUT2D eigenvalue weighted by atomic mass is 10.4. The van der Waals surface area contributed by atoms with Crippen LogP contribution in [0.2, 0.25) is 0 Å². The molecule has 0 atom stereocenters. The smallest absolute Gasteiger partial charge is 0.303 e. The summed E-state index contributed by atoms with van der Waals surface area (Å²) >= 11 is 0. The maximum Gasteiger partial charge on any atom is 0.303 e. The second kappa shape index (κ2) is 10.4. The Hall–Kier alpha value is -0.100.